The first kappa shape index (κ1) is 20.3. The number of aryl methyl sites for hydroxylation is 2. The Morgan fingerprint density at radius 2 is 1.88 bits per heavy atom. The van der Waals surface area contributed by atoms with Crippen LogP contribution in [0.25, 0.3) is 33.1 Å². The van der Waals surface area contributed by atoms with Gasteiger partial charge in [0.1, 0.15) is 23.9 Å². The maximum Gasteiger partial charge on any atom is 0.329 e. The minimum Gasteiger partial charge on any atom is -0.497 e. The highest BCUT2D eigenvalue weighted by atomic mass is 16.5. The monoisotopic (exact) mass is 457 g/mol. The van der Waals surface area contributed by atoms with Crippen LogP contribution in [0.4, 0.5) is 0 Å². The summed E-state index contributed by atoms with van der Waals surface area (Å²) in [6.45, 7) is 0.259. The van der Waals surface area contributed by atoms with Crippen LogP contribution in [-0.2, 0) is 14.1 Å². The molecule has 34 heavy (non-hydrogen) atoms. The van der Waals surface area contributed by atoms with Gasteiger partial charge in [-0.1, -0.05) is 12.1 Å². The lowest BCUT2D eigenvalue weighted by atomic mass is 10.0. The number of benzene rings is 2. The third-order valence-electron chi connectivity index (χ3n) is 6.54. The van der Waals surface area contributed by atoms with Gasteiger partial charge in [-0.05, 0) is 17.7 Å². The lowest BCUT2D eigenvalue weighted by Gasteiger charge is -2.19. The molecule has 0 aliphatic carbocycles. The predicted octanol–water partition coefficient (Wildman–Crippen LogP) is 3.29. The van der Waals surface area contributed by atoms with E-state index in [1.165, 1.54) is 0 Å². The summed E-state index contributed by atoms with van der Waals surface area (Å²) in [4.78, 5) is 18.2. The molecule has 3 aromatic heterocycles. The van der Waals surface area contributed by atoms with Crippen LogP contribution < -0.4 is 19.9 Å². The molecule has 6 rings (SSSR count). The first-order valence-corrected chi connectivity index (χ1v) is 10.9. The Morgan fingerprint density at radius 3 is 2.56 bits per heavy atom. The molecule has 2 aromatic carbocycles. The quantitative estimate of drug-likeness (QED) is 0.412. The molecule has 0 radical (unpaired) electrons. The van der Waals surface area contributed by atoms with Gasteiger partial charge in [-0.15, -0.1) is 0 Å². The number of hydrogen-bond acceptors (Lipinski definition) is 6. The second-order valence-electron chi connectivity index (χ2n) is 8.38. The number of rotatable bonds is 4. The van der Waals surface area contributed by atoms with Gasteiger partial charge in [0.15, 0.2) is 0 Å². The molecule has 9 nitrogen and oxygen atoms in total. The lowest BCUT2D eigenvalue weighted by Crippen LogP contribution is -2.29. The van der Waals surface area contributed by atoms with E-state index < -0.39 is 0 Å². The van der Waals surface area contributed by atoms with Crippen LogP contribution in [0.15, 0.2) is 53.7 Å². The molecule has 0 spiro atoms. The number of ether oxygens (including phenoxy) is 3. The van der Waals surface area contributed by atoms with Gasteiger partial charge in [-0.3, -0.25) is 18.8 Å². The van der Waals surface area contributed by atoms with E-state index in [-0.39, 0.29) is 18.3 Å². The average molecular weight is 457 g/mol. The highest BCUT2D eigenvalue weighted by Gasteiger charge is 2.31. The van der Waals surface area contributed by atoms with E-state index in [4.69, 9.17) is 14.2 Å². The fourth-order valence-electron chi connectivity index (χ4n) is 4.85. The number of methoxy groups -OCH3 is 2. The summed E-state index contributed by atoms with van der Waals surface area (Å²) >= 11 is 0. The van der Waals surface area contributed by atoms with Crippen molar-refractivity contribution in [3.63, 3.8) is 0 Å². The zero-order chi connectivity index (χ0) is 23.6. The van der Waals surface area contributed by atoms with Gasteiger partial charge in [0, 0.05) is 31.9 Å². The van der Waals surface area contributed by atoms with Crippen molar-refractivity contribution in [3.05, 3.63) is 65.0 Å². The molecule has 4 heterocycles. The molecule has 0 saturated carbocycles. The SMILES string of the molecule is COc1ccc(C2COc3c(-c4cnn(C)c4)c(OC)cc4ncc5c(c34)n2c(=O)n5C)cc1. The Bertz CT molecular complexity index is 1630. The molecule has 172 valence electrons. The van der Waals surface area contributed by atoms with Gasteiger partial charge < -0.3 is 14.2 Å². The van der Waals surface area contributed by atoms with E-state index in [1.54, 1.807) is 42.9 Å². The minimum absolute atomic E-state index is 0.125. The van der Waals surface area contributed by atoms with E-state index in [9.17, 15) is 4.79 Å². The summed E-state index contributed by atoms with van der Waals surface area (Å²) in [7, 11) is 6.89. The normalized spacial score (nSPS) is 15.0. The predicted molar refractivity (Wildman–Crippen MR) is 128 cm³/mol. The lowest BCUT2D eigenvalue weighted by molar-refractivity contribution is 0.278. The Kier molecular flexibility index (Phi) is 4.41. The molecular formula is C25H23N5O4. The Balaban J connectivity index is 1.71. The molecule has 0 amide bonds. The fourth-order valence-corrected chi connectivity index (χ4v) is 4.85. The molecule has 0 bridgehead atoms. The molecule has 0 N–H and O–H groups in total. The van der Waals surface area contributed by atoms with Crippen LogP contribution in [-0.4, -0.2) is 44.7 Å². The van der Waals surface area contributed by atoms with Gasteiger partial charge in [-0.2, -0.15) is 5.10 Å². The van der Waals surface area contributed by atoms with Crippen LogP contribution in [0.2, 0.25) is 0 Å². The van der Waals surface area contributed by atoms with Crippen molar-refractivity contribution >= 4 is 21.9 Å². The van der Waals surface area contributed by atoms with Crippen molar-refractivity contribution in [1.29, 1.82) is 0 Å². The van der Waals surface area contributed by atoms with E-state index >= 15 is 0 Å². The van der Waals surface area contributed by atoms with E-state index in [2.05, 4.69) is 10.1 Å². The maximum absolute atomic E-state index is 13.5. The van der Waals surface area contributed by atoms with Crippen LogP contribution in [0.3, 0.4) is 0 Å². The minimum atomic E-state index is -0.340. The first-order chi connectivity index (χ1) is 16.5. The first-order valence-electron chi connectivity index (χ1n) is 10.9. The Hall–Kier alpha value is -4.27. The molecule has 1 aliphatic rings. The number of aromatic nitrogens is 5. The number of imidazole rings is 1. The summed E-state index contributed by atoms with van der Waals surface area (Å²) in [5, 5.41) is 5.12. The van der Waals surface area contributed by atoms with Crippen molar-refractivity contribution in [2.24, 2.45) is 14.1 Å². The zero-order valence-corrected chi connectivity index (χ0v) is 19.3. The summed E-state index contributed by atoms with van der Waals surface area (Å²) in [5.41, 5.74) is 4.70. The van der Waals surface area contributed by atoms with Crippen molar-refractivity contribution in [3.8, 4) is 28.4 Å². The standard InChI is InChI=1S/C25H23N5O4/c1-28-12-15(10-27-28)21-20(33-4)9-17-22-23-18(11-26-17)29(2)25(31)30(23)19(13-34-24(21)22)14-5-7-16(32-3)8-6-14/h5-12,19H,13H2,1-4H3. The van der Waals surface area contributed by atoms with Crippen LogP contribution in [0.5, 0.6) is 17.2 Å². The van der Waals surface area contributed by atoms with Crippen LogP contribution >= 0.6 is 0 Å². The highest BCUT2D eigenvalue weighted by molar-refractivity contribution is 6.10. The second-order valence-corrected chi connectivity index (χ2v) is 8.38. The van der Waals surface area contributed by atoms with Crippen molar-refractivity contribution in [1.82, 2.24) is 23.9 Å². The van der Waals surface area contributed by atoms with Gasteiger partial charge >= 0.3 is 5.69 Å². The average Bonchev–Trinajstić information content (AvgIpc) is 3.33. The molecular weight excluding hydrogens is 434 g/mol. The van der Waals surface area contributed by atoms with E-state index in [1.807, 2.05) is 48.1 Å². The molecule has 0 fully saturated rings. The Labute approximate surface area is 194 Å². The largest absolute Gasteiger partial charge is 0.497 e. The fraction of sp³-hybridized carbons (Fsp3) is 0.240. The molecule has 0 saturated heterocycles. The topological polar surface area (TPSA) is 85.3 Å². The second kappa shape index (κ2) is 7.38. The van der Waals surface area contributed by atoms with Gasteiger partial charge in [0.25, 0.3) is 0 Å². The smallest absolute Gasteiger partial charge is 0.329 e. The van der Waals surface area contributed by atoms with Gasteiger partial charge in [-0.25, -0.2) is 4.79 Å². The third-order valence-corrected chi connectivity index (χ3v) is 6.54. The van der Waals surface area contributed by atoms with Gasteiger partial charge in [0.05, 0.1) is 60.2 Å². The van der Waals surface area contributed by atoms with Crippen molar-refractivity contribution in [2.75, 3.05) is 20.8 Å². The van der Waals surface area contributed by atoms with Crippen molar-refractivity contribution < 1.29 is 14.2 Å². The number of hydrogen-bond donors (Lipinski definition) is 0. The molecule has 9 heteroatoms. The highest BCUT2D eigenvalue weighted by Crippen LogP contribution is 2.47. The zero-order valence-electron chi connectivity index (χ0n) is 19.3. The van der Waals surface area contributed by atoms with Crippen LogP contribution in [0.1, 0.15) is 11.6 Å². The number of nitrogens with zero attached hydrogens (tertiary/aromatic N) is 5. The number of pyridine rings is 1. The third kappa shape index (κ3) is 2.76. The molecule has 1 atom stereocenters. The summed E-state index contributed by atoms with van der Waals surface area (Å²) < 4.78 is 22.8. The maximum atomic E-state index is 13.5. The molecule has 1 aliphatic heterocycles. The van der Waals surface area contributed by atoms with E-state index in [0.29, 0.717) is 17.0 Å². The molecule has 1 unspecified atom stereocenters. The Morgan fingerprint density at radius 1 is 1.09 bits per heavy atom. The summed E-state index contributed by atoms with van der Waals surface area (Å²) in [5.74, 6) is 2.02. The molecule has 5 aromatic rings. The van der Waals surface area contributed by atoms with Gasteiger partial charge in [0.2, 0.25) is 0 Å². The summed E-state index contributed by atoms with van der Waals surface area (Å²) in [6, 6.07) is 9.27. The van der Waals surface area contributed by atoms with E-state index in [0.717, 1.165) is 38.9 Å². The summed E-state index contributed by atoms with van der Waals surface area (Å²) in [6.07, 6.45) is 5.43. The van der Waals surface area contributed by atoms with Crippen LogP contribution in [0, 0.1) is 0 Å². The van der Waals surface area contributed by atoms with Crippen molar-refractivity contribution in [2.45, 2.75) is 6.04 Å².